The summed E-state index contributed by atoms with van der Waals surface area (Å²) < 4.78 is 48.7. The summed E-state index contributed by atoms with van der Waals surface area (Å²) in [6.45, 7) is 13.4. The summed E-state index contributed by atoms with van der Waals surface area (Å²) in [7, 11) is 0. The van der Waals surface area contributed by atoms with Crippen LogP contribution in [0.1, 0.15) is 71.6 Å². The van der Waals surface area contributed by atoms with E-state index >= 15 is 4.39 Å². The van der Waals surface area contributed by atoms with Crippen molar-refractivity contribution in [1.82, 2.24) is 15.5 Å². The van der Waals surface area contributed by atoms with Gasteiger partial charge in [0.2, 0.25) is 5.91 Å². The lowest BCUT2D eigenvalue weighted by Crippen LogP contribution is -2.45. The van der Waals surface area contributed by atoms with E-state index in [2.05, 4.69) is 26.4 Å². The van der Waals surface area contributed by atoms with Crippen molar-refractivity contribution < 1.29 is 27.8 Å². The number of nitrogens with one attached hydrogen (secondary N) is 2. The van der Waals surface area contributed by atoms with Crippen molar-refractivity contribution in [3.05, 3.63) is 117 Å². The summed E-state index contributed by atoms with van der Waals surface area (Å²) in [6.07, 6.45) is 0.376. The van der Waals surface area contributed by atoms with Crippen LogP contribution in [0.2, 0.25) is 5.02 Å². The normalized spacial score (nSPS) is 19.6. The average molecular weight is 794 g/mol. The zero-order chi connectivity index (χ0) is 39.9. The number of amides is 1. The van der Waals surface area contributed by atoms with Gasteiger partial charge in [0.25, 0.3) is 0 Å². The van der Waals surface area contributed by atoms with E-state index in [4.69, 9.17) is 32.4 Å². The largest absolute Gasteiger partial charge is 0.493 e. The molecule has 12 heteroatoms. The van der Waals surface area contributed by atoms with Gasteiger partial charge >= 0.3 is 0 Å². The maximum Gasteiger partial charge on any atom is 0.220 e. The number of rotatable bonds is 14. The summed E-state index contributed by atoms with van der Waals surface area (Å²) in [5, 5.41) is 16.2. The molecule has 296 valence electrons. The third-order valence-electron chi connectivity index (χ3n) is 11.1. The Morgan fingerprint density at radius 2 is 1.82 bits per heavy atom. The molecule has 1 aliphatic carbocycles. The third-order valence-corrected chi connectivity index (χ3v) is 11.4. The molecule has 0 saturated carbocycles. The molecular weight excluding hydrogens is 748 g/mol. The number of ether oxygens (including phenoxy) is 3. The number of fused-ring (bicyclic) bond motifs is 1. The van der Waals surface area contributed by atoms with Crippen molar-refractivity contribution in [2.24, 2.45) is 0 Å². The smallest absolute Gasteiger partial charge is 0.220 e. The van der Waals surface area contributed by atoms with Crippen LogP contribution >= 0.6 is 11.6 Å². The van der Waals surface area contributed by atoms with E-state index in [1.54, 1.807) is 24.3 Å². The van der Waals surface area contributed by atoms with Gasteiger partial charge < -0.3 is 29.7 Å². The number of carbonyl (C=O) groups excluding carboxylic acids is 1. The van der Waals surface area contributed by atoms with Crippen LogP contribution in [0.25, 0.3) is 16.0 Å². The molecule has 4 aromatic carbocycles. The SMILES string of the molecule is [C-]#[N+]c1cc(C#N)cc(COc2cc(O[C@@H]3c4cccc(-c5cccc(OCCCN6CCC(F)CC6)c5C)c4C[C@H]3F)c(Cl)cc2CN[C@H]2CCC(=O)NC2)c1. The molecule has 2 aliphatic heterocycles. The number of hydrogen-bond donors (Lipinski definition) is 2. The number of halogens is 3. The van der Waals surface area contributed by atoms with Crippen LogP contribution in [0.4, 0.5) is 14.5 Å². The standard InChI is InChI=1S/C45H46ClF2N5O4/c1-28-35(6-4-9-41(28)55-17-5-14-53-15-12-32(47)13-16-53)36-7-3-8-37-38(36)22-40(48)45(37)57-43-23-42(56-27-30-18-29(24-49)19-34(20-30)50-2)31(21-39(43)46)25-51-33-10-11-44(54)52-26-33/h3-4,6-9,18-21,23,32-33,40,45,51H,5,10-17,22,25-27H2,1H3,(H,52,54)/t33-,40+,45+/m0/s1. The maximum atomic E-state index is 16.2. The Bertz CT molecular complexity index is 2140. The molecule has 2 fully saturated rings. The molecule has 3 atom stereocenters. The molecule has 2 saturated heterocycles. The van der Waals surface area contributed by atoms with Crippen LogP contribution in [0.5, 0.6) is 17.2 Å². The topological polar surface area (TPSA) is 100 Å². The molecule has 0 aromatic heterocycles. The first-order valence-corrected chi connectivity index (χ1v) is 20.0. The van der Waals surface area contributed by atoms with Crippen LogP contribution < -0.4 is 24.8 Å². The molecule has 4 aromatic rings. The van der Waals surface area contributed by atoms with Crippen molar-refractivity contribution in [3.63, 3.8) is 0 Å². The Balaban J connectivity index is 1.10. The molecule has 2 heterocycles. The highest BCUT2D eigenvalue weighted by Crippen LogP contribution is 2.45. The Labute approximate surface area is 337 Å². The monoisotopic (exact) mass is 793 g/mol. The molecule has 3 aliphatic rings. The molecule has 1 amide bonds. The van der Waals surface area contributed by atoms with Gasteiger partial charge in [-0.25, -0.2) is 13.6 Å². The quantitative estimate of drug-likeness (QED) is 0.0972. The van der Waals surface area contributed by atoms with Crippen LogP contribution in [0.15, 0.2) is 66.7 Å². The number of piperidine rings is 2. The van der Waals surface area contributed by atoms with Crippen molar-refractivity contribution in [2.45, 2.75) is 83.1 Å². The predicted octanol–water partition coefficient (Wildman–Crippen LogP) is 8.90. The van der Waals surface area contributed by atoms with Gasteiger partial charge in [-0.05, 0) is 96.3 Å². The van der Waals surface area contributed by atoms with Crippen LogP contribution in [0.3, 0.4) is 0 Å². The Kier molecular flexibility index (Phi) is 12.9. The molecule has 0 radical (unpaired) electrons. The lowest BCUT2D eigenvalue weighted by Gasteiger charge is -2.28. The van der Waals surface area contributed by atoms with E-state index in [-0.39, 0.29) is 30.7 Å². The van der Waals surface area contributed by atoms with Crippen molar-refractivity contribution in [1.29, 1.82) is 5.26 Å². The first-order valence-electron chi connectivity index (χ1n) is 19.6. The highest BCUT2D eigenvalue weighted by atomic mass is 35.5. The Morgan fingerprint density at radius 3 is 2.60 bits per heavy atom. The number of carbonyl (C=O) groups is 1. The zero-order valence-corrected chi connectivity index (χ0v) is 32.7. The number of nitriles is 1. The minimum absolute atomic E-state index is 0.0270. The fourth-order valence-electron chi connectivity index (χ4n) is 7.93. The van der Waals surface area contributed by atoms with E-state index in [0.29, 0.717) is 73.0 Å². The van der Waals surface area contributed by atoms with Gasteiger partial charge in [-0.15, -0.1) is 0 Å². The lowest BCUT2D eigenvalue weighted by molar-refractivity contribution is -0.122. The number of benzene rings is 4. The van der Waals surface area contributed by atoms with E-state index in [0.717, 1.165) is 65.2 Å². The summed E-state index contributed by atoms with van der Waals surface area (Å²) in [6, 6.07) is 22.2. The van der Waals surface area contributed by atoms with Gasteiger partial charge in [0.15, 0.2) is 11.8 Å². The summed E-state index contributed by atoms with van der Waals surface area (Å²) in [5.41, 5.74) is 6.53. The molecule has 9 nitrogen and oxygen atoms in total. The second-order valence-electron chi connectivity index (χ2n) is 15.0. The highest BCUT2D eigenvalue weighted by molar-refractivity contribution is 6.32. The minimum Gasteiger partial charge on any atom is -0.493 e. The fraction of sp³-hybridized carbons (Fsp3) is 0.400. The van der Waals surface area contributed by atoms with Gasteiger partial charge in [-0.3, -0.25) is 4.79 Å². The van der Waals surface area contributed by atoms with Gasteiger partial charge in [0.05, 0.1) is 24.3 Å². The maximum absolute atomic E-state index is 16.2. The van der Waals surface area contributed by atoms with Crippen LogP contribution in [-0.4, -0.2) is 62.0 Å². The number of hydrogen-bond acceptors (Lipinski definition) is 7. The van der Waals surface area contributed by atoms with Crippen molar-refractivity contribution >= 4 is 23.2 Å². The van der Waals surface area contributed by atoms with Crippen molar-refractivity contribution in [2.75, 3.05) is 32.8 Å². The third kappa shape index (κ3) is 9.68. The average Bonchev–Trinajstić information content (AvgIpc) is 3.54. The summed E-state index contributed by atoms with van der Waals surface area (Å²) in [5.74, 6) is 1.52. The second-order valence-corrected chi connectivity index (χ2v) is 15.4. The Morgan fingerprint density at radius 1 is 1.02 bits per heavy atom. The van der Waals surface area contributed by atoms with Gasteiger partial charge in [-0.1, -0.05) is 41.9 Å². The lowest BCUT2D eigenvalue weighted by atomic mass is 9.93. The van der Waals surface area contributed by atoms with Gasteiger partial charge in [0, 0.05) is 68.8 Å². The van der Waals surface area contributed by atoms with E-state index in [1.165, 1.54) is 6.07 Å². The number of likely N-dealkylation sites (tertiary alicyclic amines) is 1. The van der Waals surface area contributed by atoms with Gasteiger partial charge in [-0.2, -0.15) is 5.26 Å². The Hall–Kier alpha value is -5.20. The predicted molar refractivity (Wildman–Crippen MR) is 215 cm³/mol. The van der Waals surface area contributed by atoms with Crippen LogP contribution in [0, 0.1) is 24.8 Å². The summed E-state index contributed by atoms with van der Waals surface area (Å²) in [4.78, 5) is 17.5. The van der Waals surface area contributed by atoms with E-state index in [1.807, 2.05) is 43.3 Å². The number of alkyl halides is 2. The molecule has 0 bridgehead atoms. The number of nitrogens with zero attached hydrogens (tertiary/aromatic N) is 3. The van der Waals surface area contributed by atoms with Gasteiger partial charge in [0.1, 0.15) is 36.2 Å². The molecular formula is C45H46ClF2N5O4. The first-order chi connectivity index (χ1) is 27.7. The summed E-state index contributed by atoms with van der Waals surface area (Å²) >= 11 is 6.87. The molecule has 0 spiro atoms. The van der Waals surface area contributed by atoms with Crippen molar-refractivity contribution in [3.8, 4) is 34.4 Å². The molecule has 0 unspecified atom stereocenters. The molecule has 2 N–H and O–H groups in total. The van der Waals surface area contributed by atoms with E-state index in [9.17, 15) is 14.4 Å². The minimum atomic E-state index is -1.34. The fourth-order valence-corrected chi connectivity index (χ4v) is 8.16. The molecule has 57 heavy (non-hydrogen) atoms. The zero-order valence-electron chi connectivity index (χ0n) is 32.0. The molecule has 7 rings (SSSR count). The van der Waals surface area contributed by atoms with E-state index < -0.39 is 18.4 Å². The second kappa shape index (κ2) is 18.4. The van der Waals surface area contributed by atoms with Crippen LogP contribution in [-0.2, 0) is 24.4 Å². The highest BCUT2D eigenvalue weighted by Gasteiger charge is 2.37. The first kappa shape index (κ1) is 40.0.